The molecule has 0 radical (unpaired) electrons. The number of carbonyl (C=O) groups excluding carboxylic acids is 1. The minimum atomic E-state index is -0.949. The van der Waals surface area contributed by atoms with E-state index in [4.69, 9.17) is 5.11 Å². The van der Waals surface area contributed by atoms with Crippen molar-refractivity contribution in [3.05, 3.63) is 35.4 Å². The third kappa shape index (κ3) is 5.10. The molecule has 116 valence electrons. The molecule has 21 heavy (non-hydrogen) atoms. The largest absolute Gasteiger partial charge is 0.478 e. The van der Waals surface area contributed by atoms with E-state index in [1.165, 1.54) is 0 Å². The Morgan fingerprint density at radius 3 is 2.24 bits per heavy atom. The Hall–Kier alpha value is -2.04. The monoisotopic (exact) mass is 292 g/mol. The third-order valence-electron chi connectivity index (χ3n) is 3.52. The van der Waals surface area contributed by atoms with E-state index >= 15 is 0 Å². The molecule has 0 heterocycles. The molecule has 2 N–H and O–H groups in total. The highest BCUT2D eigenvalue weighted by molar-refractivity contribution is 5.87. The normalized spacial score (nSPS) is 12.0. The second-order valence-corrected chi connectivity index (χ2v) is 5.57. The van der Waals surface area contributed by atoms with Gasteiger partial charge in [0.2, 0.25) is 0 Å². The highest BCUT2D eigenvalue weighted by atomic mass is 16.4. The van der Waals surface area contributed by atoms with Crippen molar-refractivity contribution in [3.8, 4) is 0 Å². The molecule has 0 spiro atoms. The van der Waals surface area contributed by atoms with Gasteiger partial charge in [0.05, 0.1) is 5.56 Å². The molecule has 1 unspecified atom stereocenters. The van der Waals surface area contributed by atoms with Gasteiger partial charge in [0.1, 0.15) is 0 Å². The van der Waals surface area contributed by atoms with E-state index in [9.17, 15) is 9.59 Å². The summed E-state index contributed by atoms with van der Waals surface area (Å²) in [5.74, 6) is -0.558. The number of rotatable bonds is 6. The van der Waals surface area contributed by atoms with Gasteiger partial charge < -0.3 is 15.3 Å². The van der Waals surface area contributed by atoms with Crippen LogP contribution in [0.4, 0.5) is 4.79 Å². The van der Waals surface area contributed by atoms with Gasteiger partial charge >= 0.3 is 12.0 Å². The number of carbonyl (C=O) groups is 2. The topological polar surface area (TPSA) is 69.6 Å². The van der Waals surface area contributed by atoms with Gasteiger partial charge in [-0.1, -0.05) is 32.9 Å². The summed E-state index contributed by atoms with van der Waals surface area (Å²) in [7, 11) is 1.73. The maximum Gasteiger partial charge on any atom is 0.335 e. The standard InChI is InChI=1S/C16H24N2O3/c1-5-14(11(2)3)17-16(21)18(4)10-12-6-8-13(9-7-12)15(19)20/h6-9,11,14H,5,10H2,1-4H3,(H,17,21)(H,19,20). The fourth-order valence-corrected chi connectivity index (χ4v) is 2.11. The quantitative estimate of drug-likeness (QED) is 0.847. The van der Waals surface area contributed by atoms with Crippen LogP contribution in [-0.4, -0.2) is 35.1 Å². The van der Waals surface area contributed by atoms with E-state index in [1.807, 2.05) is 0 Å². The van der Waals surface area contributed by atoms with Crippen LogP contribution in [0.2, 0.25) is 0 Å². The van der Waals surface area contributed by atoms with Crippen LogP contribution in [0.15, 0.2) is 24.3 Å². The molecular weight excluding hydrogens is 268 g/mol. The van der Waals surface area contributed by atoms with Gasteiger partial charge in [-0.2, -0.15) is 0 Å². The van der Waals surface area contributed by atoms with Gasteiger partial charge in [0, 0.05) is 19.6 Å². The highest BCUT2D eigenvalue weighted by Gasteiger charge is 2.16. The van der Waals surface area contributed by atoms with Gasteiger partial charge in [-0.15, -0.1) is 0 Å². The summed E-state index contributed by atoms with van der Waals surface area (Å²) in [5, 5.41) is 11.9. The predicted molar refractivity (Wildman–Crippen MR) is 82.3 cm³/mol. The Balaban J connectivity index is 2.61. The van der Waals surface area contributed by atoms with Crippen molar-refractivity contribution in [2.24, 2.45) is 5.92 Å². The van der Waals surface area contributed by atoms with Crippen LogP contribution in [0.1, 0.15) is 43.1 Å². The van der Waals surface area contributed by atoms with Gasteiger partial charge in [-0.3, -0.25) is 0 Å². The molecule has 1 aromatic carbocycles. The Morgan fingerprint density at radius 1 is 1.24 bits per heavy atom. The van der Waals surface area contributed by atoms with Crippen molar-refractivity contribution < 1.29 is 14.7 Å². The first-order valence-corrected chi connectivity index (χ1v) is 7.19. The van der Waals surface area contributed by atoms with Gasteiger partial charge in [0.25, 0.3) is 0 Å². The van der Waals surface area contributed by atoms with Gasteiger partial charge in [0.15, 0.2) is 0 Å². The lowest BCUT2D eigenvalue weighted by atomic mass is 10.0. The molecule has 0 aliphatic carbocycles. The summed E-state index contributed by atoms with van der Waals surface area (Å²) >= 11 is 0. The van der Waals surface area contributed by atoms with Crippen LogP contribution >= 0.6 is 0 Å². The SMILES string of the molecule is CCC(NC(=O)N(C)Cc1ccc(C(=O)O)cc1)C(C)C. The number of carboxylic acids is 1. The zero-order valence-corrected chi connectivity index (χ0v) is 13.1. The number of urea groups is 1. The molecule has 0 aliphatic rings. The molecule has 5 heteroatoms. The van der Waals surface area contributed by atoms with Crippen LogP contribution in [-0.2, 0) is 6.54 Å². The van der Waals surface area contributed by atoms with E-state index in [1.54, 1.807) is 36.2 Å². The summed E-state index contributed by atoms with van der Waals surface area (Å²) in [6.45, 7) is 6.66. The second kappa shape index (κ2) is 7.67. The molecule has 0 bridgehead atoms. The Bertz CT molecular complexity index is 483. The van der Waals surface area contributed by atoms with Crippen molar-refractivity contribution in [2.45, 2.75) is 39.8 Å². The van der Waals surface area contributed by atoms with Crippen molar-refractivity contribution in [3.63, 3.8) is 0 Å². The molecule has 2 amide bonds. The van der Waals surface area contributed by atoms with E-state index < -0.39 is 5.97 Å². The van der Waals surface area contributed by atoms with Crippen LogP contribution in [0.3, 0.4) is 0 Å². The first-order valence-electron chi connectivity index (χ1n) is 7.19. The molecule has 1 aromatic rings. The lowest BCUT2D eigenvalue weighted by Gasteiger charge is -2.25. The third-order valence-corrected chi connectivity index (χ3v) is 3.52. The smallest absolute Gasteiger partial charge is 0.335 e. The van der Waals surface area contributed by atoms with Crippen LogP contribution < -0.4 is 5.32 Å². The molecule has 0 saturated heterocycles. The number of aromatic carboxylic acids is 1. The number of benzene rings is 1. The highest BCUT2D eigenvalue weighted by Crippen LogP contribution is 2.09. The molecular formula is C16H24N2O3. The molecule has 1 atom stereocenters. The number of hydrogen-bond acceptors (Lipinski definition) is 2. The zero-order chi connectivity index (χ0) is 16.0. The first kappa shape index (κ1) is 17.0. The van der Waals surface area contributed by atoms with Crippen LogP contribution in [0, 0.1) is 5.92 Å². The maximum absolute atomic E-state index is 12.1. The average Bonchev–Trinajstić information content (AvgIpc) is 2.44. The summed E-state index contributed by atoms with van der Waals surface area (Å²) in [6.07, 6.45) is 0.893. The predicted octanol–water partition coefficient (Wildman–Crippen LogP) is 2.96. The summed E-state index contributed by atoms with van der Waals surface area (Å²) in [5.41, 5.74) is 1.15. The molecule has 0 aromatic heterocycles. The number of amides is 2. The summed E-state index contributed by atoms with van der Waals surface area (Å²) in [6, 6.07) is 6.60. The van der Waals surface area contributed by atoms with Crippen molar-refractivity contribution in [2.75, 3.05) is 7.05 Å². The van der Waals surface area contributed by atoms with Crippen molar-refractivity contribution >= 4 is 12.0 Å². The van der Waals surface area contributed by atoms with Crippen LogP contribution in [0.25, 0.3) is 0 Å². The summed E-state index contributed by atoms with van der Waals surface area (Å²) < 4.78 is 0. The molecule has 5 nitrogen and oxygen atoms in total. The molecule has 0 saturated carbocycles. The molecule has 1 rings (SSSR count). The van der Waals surface area contributed by atoms with E-state index in [0.717, 1.165) is 12.0 Å². The Morgan fingerprint density at radius 2 is 1.81 bits per heavy atom. The lowest BCUT2D eigenvalue weighted by molar-refractivity contribution is 0.0697. The van der Waals surface area contributed by atoms with E-state index in [2.05, 4.69) is 26.1 Å². The second-order valence-electron chi connectivity index (χ2n) is 5.57. The van der Waals surface area contributed by atoms with E-state index in [-0.39, 0.29) is 17.6 Å². The van der Waals surface area contributed by atoms with E-state index in [0.29, 0.717) is 12.5 Å². The molecule has 0 fully saturated rings. The molecule has 0 aliphatic heterocycles. The maximum atomic E-state index is 12.1. The lowest BCUT2D eigenvalue weighted by Crippen LogP contribution is -2.44. The van der Waals surface area contributed by atoms with Crippen molar-refractivity contribution in [1.29, 1.82) is 0 Å². The number of nitrogens with one attached hydrogen (secondary N) is 1. The van der Waals surface area contributed by atoms with Gasteiger partial charge in [-0.25, -0.2) is 9.59 Å². The number of carboxylic acid groups (broad SMARTS) is 1. The summed E-state index contributed by atoms with van der Waals surface area (Å²) in [4.78, 5) is 24.5. The Kier molecular flexibility index (Phi) is 6.21. The van der Waals surface area contributed by atoms with Gasteiger partial charge in [-0.05, 0) is 30.0 Å². The average molecular weight is 292 g/mol. The van der Waals surface area contributed by atoms with Crippen molar-refractivity contribution in [1.82, 2.24) is 10.2 Å². The first-order chi connectivity index (χ1) is 9.85. The minimum absolute atomic E-state index is 0.113. The van der Waals surface area contributed by atoms with Crippen LogP contribution in [0.5, 0.6) is 0 Å². The number of nitrogens with zero attached hydrogens (tertiary/aromatic N) is 1. The number of hydrogen-bond donors (Lipinski definition) is 2. The zero-order valence-electron chi connectivity index (χ0n) is 13.1. The fourth-order valence-electron chi connectivity index (χ4n) is 2.11. The fraction of sp³-hybridized carbons (Fsp3) is 0.500. The Labute approximate surface area is 126 Å². The minimum Gasteiger partial charge on any atom is -0.478 e.